The highest BCUT2D eigenvalue weighted by Gasteiger charge is 2.65. The van der Waals surface area contributed by atoms with Crippen molar-refractivity contribution in [3.8, 4) is 0 Å². The minimum atomic E-state index is -1.20. The van der Waals surface area contributed by atoms with Crippen LogP contribution in [0.15, 0.2) is 0 Å². The van der Waals surface area contributed by atoms with Gasteiger partial charge in [0.1, 0.15) is 16.5 Å². The van der Waals surface area contributed by atoms with E-state index in [-0.39, 0.29) is 8.07 Å². The van der Waals surface area contributed by atoms with Crippen molar-refractivity contribution in [1.29, 1.82) is 0 Å². The molecule has 120 valence electrons. The van der Waals surface area contributed by atoms with Crippen molar-refractivity contribution in [3.05, 3.63) is 0 Å². The predicted octanol–water partition coefficient (Wildman–Crippen LogP) is 5.86. The zero-order valence-electron chi connectivity index (χ0n) is 16.0. The van der Waals surface area contributed by atoms with Gasteiger partial charge in [-0.2, -0.15) is 0 Å². The SMILES string of the molecule is C[Si](C)(C)C1C([Si](C)(C)C)P1N([Si](C)(C)C)[Si](C)(C)C. The van der Waals surface area contributed by atoms with Crippen molar-refractivity contribution in [2.75, 3.05) is 0 Å². The summed E-state index contributed by atoms with van der Waals surface area (Å²) in [6.07, 6.45) is 0. The lowest BCUT2D eigenvalue weighted by atomic mass is 10.9. The summed E-state index contributed by atoms with van der Waals surface area (Å²) in [7, 11) is -4.23. The van der Waals surface area contributed by atoms with Gasteiger partial charge in [0, 0.05) is 0 Å². The molecule has 0 amide bonds. The van der Waals surface area contributed by atoms with E-state index >= 15 is 0 Å². The number of rotatable bonds is 5. The van der Waals surface area contributed by atoms with Gasteiger partial charge in [0.25, 0.3) is 0 Å². The van der Waals surface area contributed by atoms with E-state index in [0.717, 1.165) is 10.6 Å². The zero-order chi connectivity index (χ0) is 16.3. The van der Waals surface area contributed by atoms with Crippen LogP contribution in [0.4, 0.5) is 0 Å². The Morgan fingerprint density at radius 1 is 0.550 bits per heavy atom. The average Bonchev–Trinajstić information content (AvgIpc) is 2.69. The van der Waals surface area contributed by atoms with Crippen molar-refractivity contribution in [2.45, 2.75) is 89.1 Å². The van der Waals surface area contributed by atoms with Gasteiger partial charge in [-0.05, 0) is 18.6 Å². The summed E-state index contributed by atoms with van der Waals surface area (Å²) >= 11 is 0. The Hall–Kier alpha value is 1.26. The molecule has 0 spiro atoms. The summed E-state index contributed by atoms with van der Waals surface area (Å²) < 4.78 is 3.20. The van der Waals surface area contributed by atoms with E-state index in [1.54, 1.807) is 0 Å². The van der Waals surface area contributed by atoms with Gasteiger partial charge in [0.15, 0.2) is 0 Å². The summed E-state index contributed by atoms with van der Waals surface area (Å²) in [5.41, 5.74) is 0. The molecule has 1 aliphatic heterocycles. The largest absolute Gasteiger partial charge is 0.324 e. The molecular formula is C14H38NPSi4. The highest BCUT2D eigenvalue weighted by Crippen LogP contribution is 2.75. The summed E-state index contributed by atoms with van der Waals surface area (Å²) in [6.45, 7) is 31.3. The molecule has 0 aliphatic carbocycles. The highest BCUT2D eigenvalue weighted by atomic mass is 31.1. The van der Waals surface area contributed by atoms with Crippen LogP contribution in [0.5, 0.6) is 0 Å². The van der Waals surface area contributed by atoms with E-state index in [1.807, 2.05) is 0 Å². The molecule has 0 N–H and O–H groups in total. The lowest BCUT2D eigenvalue weighted by Crippen LogP contribution is -2.55. The van der Waals surface area contributed by atoms with Gasteiger partial charge in [-0.25, -0.2) is 0 Å². The maximum Gasteiger partial charge on any atom is 0.116 e. The minimum Gasteiger partial charge on any atom is -0.324 e. The predicted molar refractivity (Wildman–Crippen MR) is 110 cm³/mol. The van der Waals surface area contributed by atoms with Crippen LogP contribution in [0.1, 0.15) is 0 Å². The van der Waals surface area contributed by atoms with E-state index in [4.69, 9.17) is 0 Å². The Morgan fingerprint density at radius 3 is 0.950 bits per heavy atom. The van der Waals surface area contributed by atoms with Crippen molar-refractivity contribution < 1.29 is 0 Å². The van der Waals surface area contributed by atoms with Crippen LogP contribution in [0.25, 0.3) is 0 Å². The normalized spacial score (nSPS) is 28.9. The van der Waals surface area contributed by atoms with E-state index < -0.39 is 32.6 Å². The average molecular weight is 364 g/mol. The van der Waals surface area contributed by atoms with Gasteiger partial charge < -0.3 is 4.00 Å². The third-order valence-electron chi connectivity index (χ3n) is 4.06. The molecule has 0 aromatic carbocycles. The number of hydrogen-bond acceptors (Lipinski definition) is 1. The first-order valence-corrected chi connectivity index (χ1v) is 23.6. The minimum absolute atomic E-state index is 0.187. The van der Waals surface area contributed by atoms with Crippen LogP contribution in [-0.4, -0.2) is 47.2 Å². The van der Waals surface area contributed by atoms with Crippen LogP contribution in [0.3, 0.4) is 0 Å². The molecular weight excluding hydrogens is 325 g/mol. The van der Waals surface area contributed by atoms with Crippen LogP contribution in [-0.2, 0) is 0 Å². The second kappa shape index (κ2) is 5.41. The van der Waals surface area contributed by atoms with Gasteiger partial charge in [0.05, 0.1) is 16.1 Å². The molecule has 2 unspecified atom stereocenters. The molecule has 0 aromatic rings. The molecule has 1 rings (SSSR count). The Labute approximate surface area is 133 Å². The first kappa shape index (κ1) is 19.3. The number of hydrogen-bond donors (Lipinski definition) is 0. The highest BCUT2D eigenvalue weighted by molar-refractivity contribution is 7.75. The first-order chi connectivity index (χ1) is 8.49. The van der Waals surface area contributed by atoms with Crippen molar-refractivity contribution >= 4 is 40.7 Å². The second-order valence-electron chi connectivity index (χ2n) is 10.7. The van der Waals surface area contributed by atoms with Crippen LogP contribution < -0.4 is 0 Å². The van der Waals surface area contributed by atoms with Crippen molar-refractivity contribution in [1.82, 2.24) is 4.00 Å². The maximum atomic E-state index is 3.20. The Balaban J connectivity index is 3.21. The fourth-order valence-electron chi connectivity index (χ4n) is 3.91. The molecule has 0 radical (unpaired) electrons. The monoisotopic (exact) mass is 363 g/mol. The zero-order valence-corrected chi connectivity index (χ0v) is 20.9. The molecule has 20 heavy (non-hydrogen) atoms. The molecule has 1 heterocycles. The van der Waals surface area contributed by atoms with E-state index in [9.17, 15) is 0 Å². The maximum absolute atomic E-state index is 3.20. The molecule has 1 saturated heterocycles. The van der Waals surface area contributed by atoms with Gasteiger partial charge in [0.2, 0.25) is 0 Å². The molecule has 0 aromatic heterocycles. The smallest absolute Gasteiger partial charge is 0.116 e. The molecule has 0 saturated carbocycles. The third-order valence-corrected chi connectivity index (χ3v) is 28.8. The van der Waals surface area contributed by atoms with Crippen molar-refractivity contribution in [3.63, 3.8) is 0 Å². The fraction of sp³-hybridized carbons (Fsp3) is 1.00. The molecule has 6 heteroatoms. The van der Waals surface area contributed by atoms with Crippen molar-refractivity contribution in [2.24, 2.45) is 0 Å². The molecule has 1 aliphatic rings. The molecule has 1 fully saturated rings. The van der Waals surface area contributed by atoms with E-state index in [1.165, 1.54) is 0 Å². The van der Waals surface area contributed by atoms with Crippen LogP contribution in [0.2, 0.25) is 78.6 Å². The summed E-state index contributed by atoms with van der Waals surface area (Å²) in [5.74, 6) is 0. The molecule has 2 atom stereocenters. The Bertz CT molecular complexity index is 325. The van der Waals surface area contributed by atoms with Gasteiger partial charge in [-0.3, -0.25) is 0 Å². The lowest BCUT2D eigenvalue weighted by Gasteiger charge is -2.45. The Kier molecular flexibility index (Phi) is 5.22. The number of nitrogens with zero attached hydrogens (tertiary/aromatic N) is 1. The lowest BCUT2D eigenvalue weighted by molar-refractivity contribution is 0.983. The topological polar surface area (TPSA) is 3.24 Å². The van der Waals surface area contributed by atoms with E-state index in [0.29, 0.717) is 0 Å². The second-order valence-corrected chi connectivity index (χ2v) is 35.4. The van der Waals surface area contributed by atoms with Gasteiger partial charge >= 0.3 is 0 Å². The van der Waals surface area contributed by atoms with Crippen LogP contribution >= 0.6 is 8.07 Å². The standard InChI is InChI=1S/C14H38NPSi4/c1-17(2,3)13-14(18(4,5)6)16(13)15(19(7,8)9)20(10,11)12/h13-14H,1-12H3. The van der Waals surface area contributed by atoms with Gasteiger partial charge in [-0.1, -0.05) is 78.6 Å². The summed E-state index contributed by atoms with van der Waals surface area (Å²) in [5, 5.41) is 2.25. The molecule has 0 bridgehead atoms. The first-order valence-electron chi connectivity index (χ1n) is 8.07. The summed E-state index contributed by atoms with van der Waals surface area (Å²) in [4.78, 5) is 0. The van der Waals surface area contributed by atoms with E-state index in [2.05, 4.69) is 82.6 Å². The summed E-state index contributed by atoms with van der Waals surface area (Å²) in [6, 6.07) is 0. The fourth-order valence-corrected chi connectivity index (χ4v) is 37.9. The van der Waals surface area contributed by atoms with Gasteiger partial charge in [-0.15, -0.1) is 0 Å². The Morgan fingerprint density at radius 2 is 0.800 bits per heavy atom. The van der Waals surface area contributed by atoms with Crippen LogP contribution in [0, 0.1) is 0 Å². The molecule has 1 nitrogen and oxygen atoms in total. The third kappa shape index (κ3) is 4.17. The quantitative estimate of drug-likeness (QED) is 0.436.